The molecule has 2 rings (SSSR count). The van der Waals surface area contributed by atoms with Crippen LogP contribution in [0.3, 0.4) is 0 Å². The minimum atomic E-state index is -0.839. The van der Waals surface area contributed by atoms with Gasteiger partial charge in [0, 0.05) is 6.04 Å². The molecule has 1 aromatic heterocycles. The van der Waals surface area contributed by atoms with Gasteiger partial charge in [0.2, 0.25) is 5.89 Å². The molecule has 3 nitrogen and oxygen atoms in total. The van der Waals surface area contributed by atoms with Gasteiger partial charge in [-0.1, -0.05) is 6.07 Å². The van der Waals surface area contributed by atoms with Crippen LogP contribution in [0.25, 0.3) is 0 Å². The van der Waals surface area contributed by atoms with E-state index in [9.17, 15) is 8.78 Å². The van der Waals surface area contributed by atoms with E-state index in [4.69, 9.17) is 4.42 Å². The zero-order valence-electron chi connectivity index (χ0n) is 11.1. The molecule has 1 unspecified atom stereocenters. The number of halogens is 2. The summed E-state index contributed by atoms with van der Waals surface area (Å²) in [6.45, 7) is 6.04. The average molecular weight is 266 g/mol. The van der Waals surface area contributed by atoms with Crippen molar-refractivity contribution in [2.75, 3.05) is 0 Å². The zero-order valence-corrected chi connectivity index (χ0v) is 11.1. The van der Waals surface area contributed by atoms with E-state index in [1.807, 2.05) is 20.8 Å². The summed E-state index contributed by atoms with van der Waals surface area (Å²) < 4.78 is 31.4. The summed E-state index contributed by atoms with van der Waals surface area (Å²) in [6, 6.07) is 3.76. The summed E-state index contributed by atoms with van der Waals surface area (Å²) in [5.74, 6) is -0.300. The van der Waals surface area contributed by atoms with Crippen LogP contribution in [0.2, 0.25) is 0 Å². The normalized spacial score (nSPS) is 12.7. The Bertz CT molecular complexity index is 561. The quantitative estimate of drug-likeness (QED) is 0.921. The molecule has 1 atom stereocenters. The van der Waals surface area contributed by atoms with Crippen molar-refractivity contribution in [3.63, 3.8) is 0 Å². The second kappa shape index (κ2) is 5.48. The third-order valence-corrected chi connectivity index (χ3v) is 3.08. The number of aromatic nitrogens is 1. The molecular formula is C14H16F2N2O. The highest BCUT2D eigenvalue weighted by Gasteiger charge is 2.11. The second-order valence-electron chi connectivity index (χ2n) is 4.53. The summed E-state index contributed by atoms with van der Waals surface area (Å²) in [5.41, 5.74) is 1.54. The van der Waals surface area contributed by atoms with Gasteiger partial charge in [-0.15, -0.1) is 0 Å². The van der Waals surface area contributed by atoms with Gasteiger partial charge in [-0.3, -0.25) is 0 Å². The molecule has 0 spiro atoms. The minimum Gasteiger partial charge on any atom is -0.444 e. The first-order valence-electron chi connectivity index (χ1n) is 6.08. The number of nitrogens with one attached hydrogen (secondary N) is 1. The van der Waals surface area contributed by atoms with Gasteiger partial charge in [0.15, 0.2) is 11.6 Å². The molecule has 0 radical (unpaired) electrons. The molecule has 1 N–H and O–H groups in total. The van der Waals surface area contributed by atoms with Gasteiger partial charge in [0.05, 0.1) is 12.2 Å². The Morgan fingerprint density at radius 1 is 1.26 bits per heavy atom. The van der Waals surface area contributed by atoms with Crippen molar-refractivity contribution in [2.45, 2.75) is 33.4 Å². The molecule has 19 heavy (non-hydrogen) atoms. The Balaban J connectivity index is 2.00. The van der Waals surface area contributed by atoms with Crippen LogP contribution in [0.4, 0.5) is 8.78 Å². The molecule has 0 bridgehead atoms. The zero-order chi connectivity index (χ0) is 14.0. The van der Waals surface area contributed by atoms with Crippen LogP contribution in [0, 0.1) is 25.5 Å². The van der Waals surface area contributed by atoms with Crippen molar-refractivity contribution in [1.29, 1.82) is 0 Å². The van der Waals surface area contributed by atoms with Crippen molar-refractivity contribution < 1.29 is 13.2 Å². The third-order valence-electron chi connectivity index (χ3n) is 3.08. The van der Waals surface area contributed by atoms with Crippen LogP contribution < -0.4 is 5.32 Å². The number of aryl methyl sites for hydroxylation is 2. The fourth-order valence-electron chi connectivity index (χ4n) is 1.75. The topological polar surface area (TPSA) is 38.1 Å². The highest BCUT2D eigenvalue weighted by atomic mass is 19.2. The Hall–Kier alpha value is -1.75. The van der Waals surface area contributed by atoms with Crippen molar-refractivity contribution in [3.05, 3.63) is 52.7 Å². The Morgan fingerprint density at radius 3 is 2.58 bits per heavy atom. The number of oxazole rings is 1. The van der Waals surface area contributed by atoms with E-state index in [0.29, 0.717) is 18.0 Å². The van der Waals surface area contributed by atoms with Crippen molar-refractivity contribution in [3.8, 4) is 0 Å². The predicted octanol–water partition coefficient (Wildman–Crippen LogP) is 3.42. The van der Waals surface area contributed by atoms with Crippen LogP contribution in [-0.2, 0) is 6.54 Å². The van der Waals surface area contributed by atoms with E-state index in [1.165, 1.54) is 6.07 Å². The molecule has 0 aliphatic heterocycles. The molecule has 1 heterocycles. The average Bonchev–Trinajstić information content (AvgIpc) is 2.69. The third kappa shape index (κ3) is 3.17. The van der Waals surface area contributed by atoms with Gasteiger partial charge in [-0.25, -0.2) is 13.8 Å². The number of nitrogens with zero attached hydrogens (tertiary/aromatic N) is 1. The Labute approximate surface area is 110 Å². The molecular weight excluding hydrogens is 250 g/mol. The fourth-order valence-corrected chi connectivity index (χ4v) is 1.75. The molecule has 0 saturated heterocycles. The van der Waals surface area contributed by atoms with Gasteiger partial charge in [0.1, 0.15) is 5.76 Å². The van der Waals surface area contributed by atoms with E-state index in [1.54, 1.807) is 6.07 Å². The first kappa shape index (κ1) is 13.7. The van der Waals surface area contributed by atoms with Crippen LogP contribution >= 0.6 is 0 Å². The summed E-state index contributed by atoms with van der Waals surface area (Å²) in [4.78, 5) is 4.24. The lowest BCUT2D eigenvalue weighted by Gasteiger charge is -2.13. The molecule has 2 aromatic rings. The highest BCUT2D eigenvalue weighted by molar-refractivity contribution is 5.20. The van der Waals surface area contributed by atoms with Gasteiger partial charge < -0.3 is 9.73 Å². The van der Waals surface area contributed by atoms with Crippen molar-refractivity contribution >= 4 is 0 Å². The number of benzene rings is 1. The second-order valence-corrected chi connectivity index (χ2v) is 4.53. The number of rotatable bonds is 4. The smallest absolute Gasteiger partial charge is 0.208 e. The van der Waals surface area contributed by atoms with Crippen LogP contribution in [0.5, 0.6) is 0 Å². The standard InChI is InChI=1S/C14H16F2N2O/c1-8-10(3)19-14(18-8)7-17-9(2)11-4-5-12(15)13(16)6-11/h4-6,9,17H,7H2,1-3H3. The molecule has 0 saturated carbocycles. The van der Waals surface area contributed by atoms with E-state index in [0.717, 1.165) is 17.5 Å². The van der Waals surface area contributed by atoms with E-state index >= 15 is 0 Å². The fraction of sp³-hybridized carbons (Fsp3) is 0.357. The van der Waals surface area contributed by atoms with Crippen LogP contribution in [0.1, 0.15) is 35.9 Å². The van der Waals surface area contributed by atoms with Gasteiger partial charge >= 0.3 is 0 Å². The Morgan fingerprint density at radius 2 is 2.00 bits per heavy atom. The molecule has 0 amide bonds. The lowest BCUT2D eigenvalue weighted by atomic mass is 10.1. The maximum absolute atomic E-state index is 13.1. The maximum Gasteiger partial charge on any atom is 0.208 e. The van der Waals surface area contributed by atoms with E-state index in [-0.39, 0.29) is 6.04 Å². The predicted molar refractivity (Wildman–Crippen MR) is 67.6 cm³/mol. The van der Waals surface area contributed by atoms with Gasteiger partial charge in [-0.2, -0.15) is 0 Å². The van der Waals surface area contributed by atoms with E-state index < -0.39 is 11.6 Å². The lowest BCUT2D eigenvalue weighted by molar-refractivity contribution is 0.430. The van der Waals surface area contributed by atoms with Crippen LogP contribution in [0.15, 0.2) is 22.6 Å². The lowest BCUT2D eigenvalue weighted by Crippen LogP contribution is -2.18. The van der Waals surface area contributed by atoms with Crippen LogP contribution in [-0.4, -0.2) is 4.98 Å². The summed E-state index contributed by atoms with van der Waals surface area (Å²) >= 11 is 0. The first-order chi connectivity index (χ1) is 8.97. The monoisotopic (exact) mass is 266 g/mol. The molecule has 1 aromatic carbocycles. The SMILES string of the molecule is Cc1nc(CNC(C)c2ccc(F)c(F)c2)oc1C. The minimum absolute atomic E-state index is 0.123. The molecule has 0 fully saturated rings. The molecule has 0 aliphatic rings. The van der Waals surface area contributed by atoms with Crippen molar-refractivity contribution in [1.82, 2.24) is 10.3 Å². The number of hydrogen-bond acceptors (Lipinski definition) is 3. The summed E-state index contributed by atoms with van der Waals surface area (Å²) in [5, 5.41) is 3.16. The highest BCUT2D eigenvalue weighted by Crippen LogP contribution is 2.17. The van der Waals surface area contributed by atoms with Gasteiger partial charge in [0.25, 0.3) is 0 Å². The Kier molecular flexibility index (Phi) is 3.95. The molecule has 0 aliphatic carbocycles. The van der Waals surface area contributed by atoms with Gasteiger partial charge in [-0.05, 0) is 38.5 Å². The molecule has 102 valence electrons. The summed E-state index contributed by atoms with van der Waals surface area (Å²) in [6.07, 6.45) is 0. The maximum atomic E-state index is 13.1. The summed E-state index contributed by atoms with van der Waals surface area (Å²) in [7, 11) is 0. The van der Waals surface area contributed by atoms with E-state index in [2.05, 4.69) is 10.3 Å². The number of hydrogen-bond donors (Lipinski definition) is 1. The first-order valence-corrected chi connectivity index (χ1v) is 6.08. The largest absolute Gasteiger partial charge is 0.444 e. The molecule has 5 heteroatoms. The van der Waals surface area contributed by atoms with Crippen molar-refractivity contribution in [2.24, 2.45) is 0 Å².